The van der Waals surface area contributed by atoms with Gasteiger partial charge < -0.3 is 18.6 Å². The summed E-state index contributed by atoms with van der Waals surface area (Å²) < 4.78 is 18.6. The Morgan fingerprint density at radius 3 is 2.91 bits per heavy atom. The molecule has 3 aromatic rings. The Hall–Kier alpha value is -2.44. The molecule has 0 saturated carbocycles. The first-order chi connectivity index (χ1) is 11.4. The average molecular weight is 311 g/mol. The lowest BCUT2D eigenvalue weighted by molar-refractivity contribution is -0.0934. The number of rotatable bonds is 4. The normalized spacial score (nSPS) is 18.2. The first-order valence-electron chi connectivity index (χ1n) is 7.63. The van der Waals surface area contributed by atoms with Gasteiger partial charge in [-0.3, -0.25) is 0 Å². The van der Waals surface area contributed by atoms with Gasteiger partial charge in [-0.15, -0.1) is 0 Å². The van der Waals surface area contributed by atoms with Crippen molar-refractivity contribution in [3.63, 3.8) is 0 Å². The van der Waals surface area contributed by atoms with Crippen molar-refractivity contribution in [3.05, 3.63) is 48.8 Å². The second-order valence-electron chi connectivity index (χ2n) is 5.41. The molecular weight excluding hydrogens is 294 g/mol. The zero-order valence-electron chi connectivity index (χ0n) is 12.6. The summed E-state index contributed by atoms with van der Waals surface area (Å²) in [7, 11) is 0. The van der Waals surface area contributed by atoms with E-state index in [1.54, 1.807) is 6.20 Å². The number of ether oxygens (including phenoxy) is 2. The minimum atomic E-state index is 0.0354. The molecule has 118 valence electrons. The molecule has 2 aromatic heterocycles. The van der Waals surface area contributed by atoms with Crippen LogP contribution in [0.2, 0.25) is 0 Å². The third kappa shape index (κ3) is 3.04. The Bertz CT molecular complexity index is 760. The van der Waals surface area contributed by atoms with Crippen LogP contribution in [0.25, 0.3) is 22.8 Å². The fourth-order valence-electron chi connectivity index (χ4n) is 2.67. The molecule has 23 heavy (non-hydrogen) atoms. The van der Waals surface area contributed by atoms with Gasteiger partial charge >= 0.3 is 0 Å². The molecule has 4 rings (SSSR count). The third-order valence-electron chi connectivity index (χ3n) is 3.80. The molecule has 6 heteroatoms. The van der Waals surface area contributed by atoms with Gasteiger partial charge in [0.15, 0.2) is 5.82 Å². The summed E-state index contributed by atoms with van der Waals surface area (Å²) in [5, 5.41) is 4.15. The molecular formula is C17H17N3O3. The Morgan fingerprint density at radius 2 is 2.09 bits per heavy atom. The lowest BCUT2D eigenvalue weighted by Crippen LogP contribution is -2.32. The molecule has 0 aliphatic carbocycles. The Kier molecular flexibility index (Phi) is 3.92. The Labute approximate surface area is 133 Å². The van der Waals surface area contributed by atoms with Crippen molar-refractivity contribution in [3.8, 4) is 22.8 Å². The van der Waals surface area contributed by atoms with Gasteiger partial charge in [0.1, 0.15) is 5.69 Å². The highest BCUT2D eigenvalue weighted by Gasteiger charge is 2.19. The highest BCUT2D eigenvalue weighted by molar-refractivity contribution is 5.63. The van der Waals surface area contributed by atoms with Crippen LogP contribution in [0.15, 0.2) is 53.3 Å². The van der Waals surface area contributed by atoms with E-state index in [1.165, 1.54) is 0 Å². The van der Waals surface area contributed by atoms with E-state index in [0.717, 1.165) is 17.1 Å². The van der Waals surface area contributed by atoms with Gasteiger partial charge in [0.25, 0.3) is 0 Å². The molecule has 1 aliphatic rings. The number of imidazole rings is 1. The maximum Gasteiger partial charge on any atom is 0.202 e. The largest absolute Gasteiger partial charge is 0.376 e. The number of hydrogen-bond acceptors (Lipinski definition) is 5. The molecule has 0 N–H and O–H groups in total. The number of benzene rings is 1. The van der Waals surface area contributed by atoms with E-state index >= 15 is 0 Å². The molecule has 0 bridgehead atoms. The van der Waals surface area contributed by atoms with E-state index in [0.29, 0.717) is 32.1 Å². The standard InChI is InChI=1S/C17H17N3O3/c1-2-4-13(5-3-1)15-10-16(23-19-15)17-18-6-7-20(17)11-14-12-21-8-9-22-14/h1-7,10,14H,8-9,11-12H2/t14-/m0/s1. The monoisotopic (exact) mass is 311 g/mol. The second kappa shape index (κ2) is 6.36. The molecule has 6 nitrogen and oxygen atoms in total. The van der Waals surface area contributed by atoms with Gasteiger partial charge in [-0.2, -0.15) is 0 Å². The topological polar surface area (TPSA) is 62.3 Å². The van der Waals surface area contributed by atoms with Crippen LogP contribution in [-0.4, -0.2) is 40.6 Å². The van der Waals surface area contributed by atoms with Gasteiger partial charge in [-0.1, -0.05) is 35.5 Å². The number of nitrogens with zero attached hydrogens (tertiary/aromatic N) is 3. The molecule has 1 saturated heterocycles. The van der Waals surface area contributed by atoms with Crippen LogP contribution in [-0.2, 0) is 16.0 Å². The van der Waals surface area contributed by atoms with Gasteiger partial charge in [-0.25, -0.2) is 4.98 Å². The quantitative estimate of drug-likeness (QED) is 0.741. The highest BCUT2D eigenvalue weighted by Crippen LogP contribution is 2.25. The van der Waals surface area contributed by atoms with Crippen LogP contribution in [0, 0.1) is 0 Å². The van der Waals surface area contributed by atoms with E-state index in [2.05, 4.69) is 10.1 Å². The molecule has 1 fully saturated rings. The van der Waals surface area contributed by atoms with Crippen LogP contribution < -0.4 is 0 Å². The first kappa shape index (κ1) is 14.2. The maximum absolute atomic E-state index is 5.70. The van der Waals surface area contributed by atoms with Crippen LogP contribution >= 0.6 is 0 Å². The third-order valence-corrected chi connectivity index (χ3v) is 3.80. The zero-order chi connectivity index (χ0) is 15.5. The van der Waals surface area contributed by atoms with E-state index < -0.39 is 0 Å². The van der Waals surface area contributed by atoms with Gasteiger partial charge in [-0.05, 0) is 0 Å². The summed E-state index contributed by atoms with van der Waals surface area (Å²) in [5.74, 6) is 1.39. The minimum Gasteiger partial charge on any atom is -0.376 e. The molecule has 0 unspecified atom stereocenters. The Balaban J connectivity index is 1.57. The van der Waals surface area contributed by atoms with Crippen LogP contribution in [0.5, 0.6) is 0 Å². The van der Waals surface area contributed by atoms with E-state index in [-0.39, 0.29) is 6.10 Å². The van der Waals surface area contributed by atoms with Crippen LogP contribution in [0.4, 0.5) is 0 Å². The van der Waals surface area contributed by atoms with Gasteiger partial charge in [0.2, 0.25) is 5.76 Å². The first-order valence-corrected chi connectivity index (χ1v) is 7.63. The number of hydrogen-bond donors (Lipinski definition) is 0. The van der Waals surface area contributed by atoms with Crippen LogP contribution in [0.3, 0.4) is 0 Å². The van der Waals surface area contributed by atoms with E-state index in [4.69, 9.17) is 14.0 Å². The summed E-state index contributed by atoms with van der Waals surface area (Å²) in [6.45, 7) is 2.57. The fraction of sp³-hybridized carbons (Fsp3) is 0.294. The predicted molar refractivity (Wildman–Crippen MR) is 83.7 cm³/mol. The zero-order valence-corrected chi connectivity index (χ0v) is 12.6. The summed E-state index contributed by atoms with van der Waals surface area (Å²) in [6, 6.07) is 11.8. The lowest BCUT2D eigenvalue weighted by Gasteiger charge is -2.23. The van der Waals surface area contributed by atoms with Crippen molar-refractivity contribution in [2.24, 2.45) is 0 Å². The molecule has 3 heterocycles. The van der Waals surface area contributed by atoms with Crippen molar-refractivity contribution < 1.29 is 14.0 Å². The van der Waals surface area contributed by atoms with Crippen molar-refractivity contribution in [1.29, 1.82) is 0 Å². The summed E-state index contributed by atoms with van der Waals surface area (Å²) in [4.78, 5) is 4.39. The molecule has 0 radical (unpaired) electrons. The van der Waals surface area contributed by atoms with Gasteiger partial charge in [0.05, 0.1) is 32.5 Å². The predicted octanol–water partition coefficient (Wildman–Crippen LogP) is 2.62. The fourth-order valence-corrected chi connectivity index (χ4v) is 2.67. The second-order valence-corrected chi connectivity index (χ2v) is 5.41. The number of aromatic nitrogens is 3. The molecule has 1 atom stereocenters. The molecule has 0 spiro atoms. The van der Waals surface area contributed by atoms with Crippen molar-refractivity contribution >= 4 is 0 Å². The molecule has 1 aromatic carbocycles. The molecule has 1 aliphatic heterocycles. The summed E-state index contributed by atoms with van der Waals surface area (Å²) in [5.41, 5.74) is 1.82. The average Bonchev–Trinajstić information content (AvgIpc) is 3.25. The minimum absolute atomic E-state index is 0.0354. The highest BCUT2D eigenvalue weighted by atomic mass is 16.6. The molecule has 0 amide bonds. The SMILES string of the molecule is c1ccc(-c2cc(-c3nccn3C[C@H]3COCCO3)on2)cc1. The summed E-state index contributed by atoms with van der Waals surface area (Å²) >= 11 is 0. The van der Waals surface area contributed by atoms with E-state index in [9.17, 15) is 0 Å². The smallest absolute Gasteiger partial charge is 0.202 e. The Morgan fingerprint density at radius 1 is 1.17 bits per heavy atom. The van der Waals surface area contributed by atoms with Crippen molar-refractivity contribution in [1.82, 2.24) is 14.7 Å². The van der Waals surface area contributed by atoms with Crippen molar-refractivity contribution in [2.75, 3.05) is 19.8 Å². The van der Waals surface area contributed by atoms with Gasteiger partial charge in [0, 0.05) is 24.0 Å². The maximum atomic E-state index is 5.70. The summed E-state index contributed by atoms with van der Waals surface area (Å²) in [6.07, 6.45) is 3.70. The lowest BCUT2D eigenvalue weighted by atomic mass is 10.1. The van der Waals surface area contributed by atoms with Crippen LogP contribution in [0.1, 0.15) is 0 Å². The van der Waals surface area contributed by atoms with E-state index in [1.807, 2.05) is 47.2 Å². The van der Waals surface area contributed by atoms with Crippen molar-refractivity contribution in [2.45, 2.75) is 12.6 Å².